The highest BCUT2D eigenvalue weighted by Crippen LogP contribution is 2.42. The first kappa shape index (κ1) is 28.3. The molecule has 0 radical (unpaired) electrons. The zero-order chi connectivity index (χ0) is 33.5. The van der Waals surface area contributed by atoms with Crippen molar-refractivity contribution in [3.05, 3.63) is 170 Å². The van der Waals surface area contributed by atoms with E-state index in [1.807, 2.05) is 0 Å². The number of hydrogen-bond donors (Lipinski definition) is 0. The van der Waals surface area contributed by atoms with Crippen molar-refractivity contribution in [2.24, 2.45) is 0 Å². The maximum Gasteiger partial charge on any atom is 0.161 e. The molecule has 238 valence electrons. The van der Waals surface area contributed by atoms with Crippen molar-refractivity contribution in [1.82, 2.24) is 19.1 Å². The zero-order valence-electron chi connectivity index (χ0n) is 27.4. The Kier molecular flexibility index (Phi) is 6.09. The normalized spacial score (nSPS) is 11.9. The molecule has 0 spiro atoms. The Morgan fingerprint density at radius 2 is 0.882 bits per heavy atom. The van der Waals surface area contributed by atoms with E-state index in [1.54, 1.807) is 11.3 Å². The monoisotopic (exact) mass is 668 g/mol. The van der Waals surface area contributed by atoms with Crippen LogP contribution >= 0.6 is 11.3 Å². The Hall–Kier alpha value is -6.56. The van der Waals surface area contributed by atoms with Crippen molar-refractivity contribution in [2.45, 2.75) is 0 Å². The molecule has 0 saturated carbocycles. The topological polar surface area (TPSA) is 35.6 Å². The third kappa shape index (κ3) is 4.25. The van der Waals surface area contributed by atoms with Gasteiger partial charge in [0.05, 0.1) is 27.8 Å². The number of para-hydroxylation sites is 4. The highest BCUT2D eigenvalue weighted by molar-refractivity contribution is 7.25. The highest BCUT2D eigenvalue weighted by atomic mass is 32.1. The fraction of sp³-hybridized carbons (Fsp3) is 0. The number of nitrogens with zero attached hydrogens (tertiary/aromatic N) is 4. The van der Waals surface area contributed by atoms with Gasteiger partial charge < -0.3 is 9.13 Å². The molecule has 0 saturated heterocycles. The van der Waals surface area contributed by atoms with Gasteiger partial charge in [0.25, 0.3) is 0 Å². The average molecular weight is 669 g/mol. The molecule has 51 heavy (non-hydrogen) atoms. The minimum Gasteiger partial charge on any atom is -0.309 e. The van der Waals surface area contributed by atoms with Gasteiger partial charge in [-0.15, -0.1) is 11.3 Å². The molecule has 0 amide bonds. The Labute approximate surface area is 297 Å². The summed E-state index contributed by atoms with van der Waals surface area (Å²) in [6.45, 7) is 0. The third-order valence-electron chi connectivity index (χ3n) is 10.1. The van der Waals surface area contributed by atoms with E-state index in [0.29, 0.717) is 0 Å². The fourth-order valence-corrected chi connectivity index (χ4v) is 8.98. The predicted molar refractivity (Wildman–Crippen MR) is 214 cm³/mol. The SMILES string of the molecule is c1ccc(-n2c3ccccc3c3cc(-c4nc(-c5ccc6c(c5)c5ccccc5n6-c5ccccc5)c5c(n4)sc4ccccc45)ccc32)cc1. The van der Waals surface area contributed by atoms with Crippen LogP contribution in [0.15, 0.2) is 170 Å². The summed E-state index contributed by atoms with van der Waals surface area (Å²) in [5.41, 5.74) is 10.0. The van der Waals surface area contributed by atoms with Crippen LogP contribution in [0.1, 0.15) is 0 Å². The van der Waals surface area contributed by atoms with Crippen LogP contribution in [0.4, 0.5) is 0 Å². The van der Waals surface area contributed by atoms with Crippen molar-refractivity contribution in [2.75, 3.05) is 0 Å². The van der Waals surface area contributed by atoms with Gasteiger partial charge >= 0.3 is 0 Å². The summed E-state index contributed by atoms with van der Waals surface area (Å²) in [5.74, 6) is 0.731. The summed E-state index contributed by atoms with van der Waals surface area (Å²) in [5, 5.41) is 7.11. The molecule has 4 aromatic heterocycles. The van der Waals surface area contributed by atoms with Crippen molar-refractivity contribution >= 4 is 75.3 Å². The van der Waals surface area contributed by atoms with E-state index in [-0.39, 0.29) is 0 Å². The Morgan fingerprint density at radius 1 is 0.392 bits per heavy atom. The first-order chi connectivity index (χ1) is 25.3. The molecular formula is C46H28N4S. The third-order valence-corrected chi connectivity index (χ3v) is 11.2. The lowest BCUT2D eigenvalue weighted by Crippen LogP contribution is -1.95. The molecule has 0 unspecified atom stereocenters. The van der Waals surface area contributed by atoms with Crippen LogP contribution in [0.5, 0.6) is 0 Å². The van der Waals surface area contributed by atoms with Gasteiger partial charge in [-0.25, -0.2) is 9.97 Å². The van der Waals surface area contributed by atoms with Gasteiger partial charge in [0.2, 0.25) is 0 Å². The van der Waals surface area contributed by atoms with Crippen LogP contribution in [-0.4, -0.2) is 19.1 Å². The Bertz CT molecular complexity index is 3130. The van der Waals surface area contributed by atoms with E-state index in [4.69, 9.17) is 9.97 Å². The van der Waals surface area contributed by atoms with Gasteiger partial charge in [0.15, 0.2) is 5.82 Å². The van der Waals surface area contributed by atoms with Crippen LogP contribution in [0.25, 0.3) is 97.9 Å². The van der Waals surface area contributed by atoms with E-state index >= 15 is 0 Å². The van der Waals surface area contributed by atoms with E-state index in [9.17, 15) is 0 Å². The summed E-state index contributed by atoms with van der Waals surface area (Å²) in [6, 6.07) is 60.6. The van der Waals surface area contributed by atoms with Crippen molar-refractivity contribution in [1.29, 1.82) is 0 Å². The molecule has 4 heterocycles. The van der Waals surface area contributed by atoms with Crippen LogP contribution < -0.4 is 0 Å². The number of rotatable bonds is 4. The molecule has 7 aromatic carbocycles. The maximum absolute atomic E-state index is 5.45. The number of thiophene rings is 1. The first-order valence-corrected chi connectivity index (χ1v) is 18.0. The molecule has 5 heteroatoms. The molecule has 0 fully saturated rings. The second-order valence-corrected chi connectivity index (χ2v) is 14.0. The molecule has 11 aromatic rings. The van der Waals surface area contributed by atoms with Gasteiger partial charge in [-0.05, 0) is 72.8 Å². The van der Waals surface area contributed by atoms with Crippen molar-refractivity contribution in [3.8, 4) is 34.0 Å². The summed E-state index contributed by atoms with van der Waals surface area (Å²) < 4.78 is 5.91. The largest absolute Gasteiger partial charge is 0.309 e. The highest BCUT2D eigenvalue weighted by Gasteiger charge is 2.20. The molecular weight excluding hydrogens is 641 g/mol. The van der Waals surface area contributed by atoms with Gasteiger partial charge in [0.1, 0.15) is 4.83 Å². The standard InChI is InChI=1S/C46H28N4S/c1-3-13-31(14-4-1)49-38-20-10-7-17-33(38)36-27-29(23-25-40(36)49)44-43-35-19-9-12-22-42(35)51-46(43)48-45(47-44)30-24-26-41-37(28-30)34-18-8-11-21-39(34)50(41)32-15-5-2-6-16-32/h1-28H. The molecule has 4 nitrogen and oxygen atoms in total. The molecule has 0 aliphatic carbocycles. The fourth-order valence-electron chi connectivity index (χ4n) is 7.90. The van der Waals surface area contributed by atoms with Gasteiger partial charge in [-0.3, -0.25) is 0 Å². The molecule has 0 aliphatic heterocycles. The van der Waals surface area contributed by atoms with Crippen molar-refractivity contribution < 1.29 is 0 Å². The summed E-state index contributed by atoms with van der Waals surface area (Å²) in [6.07, 6.45) is 0. The van der Waals surface area contributed by atoms with E-state index in [0.717, 1.165) is 49.8 Å². The minimum absolute atomic E-state index is 0.731. The average Bonchev–Trinajstić information content (AvgIpc) is 3.85. The lowest BCUT2D eigenvalue weighted by molar-refractivity contribution is 1.18. The first-order valence-electron chi connectivity index (χ1n) is 17.2. The molecule has 0 N–H and O–H groups in total. The lowest BCUT2D eigenvalue weighted by Gasteiger charge is -2.10. The smallest absolute Gasteiger partial charge is 0.161 e. The van der Waals surface area contributed by atoms with Gasteiger partial charge in [-0.1, -0.05) is 97.1 Å². The number of aromatic nitrogens is 4. The van der Waals surface area contributed by atoms with Gasteiger partial charge in [-0.2, -0.15) is 0 Å². The van der Waals surface area contributed by atoms with Crippen LogP contribution in [0, 0.1) is 0 Å². The summed E-state index contributed by atoms with van der Waals surface area (Å²) >= 11 is 1.74. The number of hydrogen-bond acceptors (Lipinski definition) is 3. The Balaban J connectivity index is 1.17. The van der Waals surface area contributed by atoms with E-state index in [2.05, 4.69) is 179 Å². The second-order valence-electron chi connectivity index (χ2n) is 13.0. The maximum atomic E-state index is 5.45. The lowest BCUT2D eigenvalue weighted by atomic mass is 10.0. The molecule has 11 rings (SSSR count). The van der Waals surface area contributed by atoms with Gasteiger partial charge in [0, 0.05) is 59.5 Å². The molecule has 0 atom stereocenters. The van der Waals surface area contributed by atoms with E-state index in [1.165, 1.54) is 48.2 Å². The summed E-state index contributed by atoms with van der Waals surface area (Å²) in [4.78, 5) is 11.7. The second kappa shape index (κ2) is 11.0. The predicted octanol–water partition coefficient (Wildman–Crippen LogP) is 12.4. The molecule has 0 aliphatic rings. The summed E-state index contributed by atoms with van der Waals surface area (Å²) in [7, 11) is 0. The van der Waals surface area contributed by atoms with Crippen molar-refractivity contribution in [3.63, 3.8) is 0 Å². The number of benzene rings is 7. The zero-order valence-corrected chi connectivity index (χ0v) is 28.2. The Morgan fingerprint density at radius 3 is 1.51 bits per heavy atom. The van der Waals surface area contributed by atoms with Crippen LogP contribution in [0.3, 0.4) is 0 Å². The van der Waals surface area contributed by atoms with Crippen LogP contribution in [0.2, 0.25) is 0 Å². The quantitative estimate of drug-likeness (QED) is 0.187. The van der Waals surface area contributed by atoms with E-state index < -0.39 is 0 Å². The molecule has 0 bridgehead atoms. The van der Waals surface area contributed by atoms with Crippen LogP contribution in [-0.2, 0) is 0 Å². The minimum atomic E-state index is 0.731. The number of fused-ring (bicyclic) bond motifs is 9.